The van der Waals surface area contributed by atoms with Gasteiger partial charge in [0, 0.05) is 12.3 Å². The van der Waals surface area contributed by atoms with Gasteiger partial charge in [-0.1, -0.05) is 11.8 Å². The predicted octanol–water partition coefficient (Wildman–Crippen LogP) is 1.17. The molecule has 1 saturated carbocycles. The predicted molar refractivity (Wildman–Crippen MR) is 44.6 cm³/mol. The Hall–Kier alpha value is -0.920. The van der Waals surface area contributed by atoms with Crippen molar-refractivity contribution in [3.05, 3.63) is 0 Å². The largest absolute Gasteiger partial charge is 0.380 e. The number of terminal acetylenes is 1. The summed E-state index contributed by atoms with van der Waals surface area (Å²) in [6.07, 6.45) is 8.15. The minimum Gasteiger partial charge on any atom is -0.380 e. The topological polar surface area (TPSA) is 20.2 Å². The SMILES string of the molecule is C#CCCC(O)C#CC1CC1. The van der Waals surface area contributed by atoms with E-state index in [2.05, 4.69) is 17.8 Å². The van der Waals surface area contributed by atoms with Gasteiger partial charge in [0.05, 0.1) is 0 Å². The van der Waals surface area contributed by atoms with Crippen molar-refractivity contribution < 1.29 is 5.11 Å². The molecule has 1 nitrogen and oxygen atoms in total. The summed E-state index contributed by atoms with van der Waals surface area (Å²) in [6, 6.07) is 0. The maximum atomic E-state index is 9.19. The molecule has 0 spiro atoms. The Morgan fingerprint density at radius 1 is 1.55 bits per heavy atom. The van der Waals surface area contributed by atoms with Crippen molar-refractivity contribution in [3.63, 3.8) is 0 Å². The summed E-state index contributed by atoms with van der Waals surface area (Å²) in [6.45, 7) is 0. The van der Waals surface area contributed by atoms with Crippen LogP contribution in [0.15, 0.2) is 0 Å². The molecule has 0 bridgehead atoms. The average Bonchev–Trinajstić information content (AvgIpc) is 2.80. The van der Waals surface area contributed by atoms with Gasteiger partial charge in [0.2, 0.25) is 0 Å². The molecule has 11 heavy (non-hydrogen) atoms. The zero-order valence-corrected chi connectivity index (χ0v) is 6.51. The van der Waals surface area contributed by atoms with Gasteiger partial charge in [-0.2, -0.15) is 0 Å². The first-order valence-corrected chi connectivity index (χ1v) is 3.95. The van der Waals surface area contributed by atoms with Crippen molar-refractivity contribution in [1.82, 2.24) is 0 Å². The summed E-state index contributed by atoms with van der Waals surface area (Å²) in [5.41, 5.74) is 0. The molecule has 0 saturated heterocycles. The Labute approximate surface area is 67.8 Å². The van der Waals surface area contributed by atoms with Crippen LogP contribution in [0.25, 0.3) is 0 Å². The van der Waals surface area contributed by atoms with Gasteiger partial charge in [0.25, 0.3) is 0 Å². The summed E-state index contributed by atoms with van der Waals surface area (Å²) in [5.74, 6) is 8.83. The first-order chi connectivity index (χ1) is 5.33. The van der Waals surface area contributed by atoms with E-state index in [1.807, 2.05) is 0 Å². The Balaban J connectivity index is 2.15. The summed E-state index contributed by atoms with van der Waals surface area (Å²) < 4.78 is 0. The highest BCUT2D eigenvalue weighted by atomic mass is 16.3. The Morgan fingerprint density at radius 3 is 2.82 bits per heavy atom. The molecular weight excluding hydrogens is 136 g/mol. The molecule has 1 rings (SSSR count). The van der Waals surface area contributed by atoms with Crippen LogP contribution in [0.5, 0.6) is 0 Å². The van der Waals surface area contributed by atoms with Crippen LogP contribution in [0.2, 0.25) is 0 Å². The molecule has 1 atom stereocenters. The maximum absolute atomic E-state index is 9.19. The lowest BCUT2D eigenvalue weighted by Gasteiger charge is -1.96. The molecule has 1 heteroatoms. The van der Waals surface area contributed by atoms with Crippen molar-refractivity contribution in [1.29, 1.82) is 0 Å². The van der Waals surface area contributed by atoms with Gasteiger partial charge in [-0.3, -0.25) is 0 Å². The molecule has 0 radical (unpaired) electrons. The third-order valence-corrected chi connectivity index (χ3v) is 1.59. The fourth-order valence-electron chi connectivity index (χ4n) is 0.734. The highest BCUT2D eigenvalue weighted by Crippen LogP contribution is 2.27. The normalized spacial score (nSPS) is 17.8. The molecule has 58 valence electrons. The van der Waals surface area contributed by atoms with Crippen LogP contribution in [-0.4, -0.2) is 11.2 Å². The van der Waals surface area contributed by atoms with Crippen molar-refractivity contribution in [3.8, 4) is 24.2 Å². The second-order valence-electron chi connectivity index (χ2n) is 2.82. The van der Waals surface area contributed by atoms with Gasteiger partial charge in [0.1, 0.15) is 6.10 Å². The standard InChI is InChI=1S/C10H12O/c1-2-3-4-10(11)8-7-9-5-6-9/h1,9-11H,3-6H2. The first-order valence-electron chi connectivity index (χ1n) is 3.95. The van der Waals surface area contributed by atoms with Crippen molar-refractivity contribution in [2.75, 3.05) is 0 Å². The lowest BCUT2D eigenvalue weighted by atomic mass is 10.2. The quantitative estimate of drug-likeness (QED) is 0.583. The Bertz CT molecular complexity index is 209. The summed E-state index contributed by atoms with van der Waals surface area (Å²) in [4.78, 5) is 0. The first kappa shape index (κ1) is 8.18. The second-order valence-corrected chi connectivity index (χ2v) is 2.82. The van der Waals surface area contributed by atoms with E-state index in [9.17, 15) is 5.11 Å². The number of aliphatic hydroxyl groups is 1. The minimum absolute atomic E-state index is 0.508. The van der Waals surface area contributed by atoms with Crippen molar-refractivity contribution in [2.24, 2.45) is 5.92 Å². The van der Waals surface area contributed by atoms with Crippen molar-refractivity contribution >= 4 is 0 Å². The molecule has 0 aromatic heterocycles. The number of rotatable bonds is 2. The Morgan fingerprint density at radius 2 is 2.27 bits per heavy atom. The number of hydrogen-bond acceptors (Lipinski definition) is 1. The Kier molecular flexibility index (Phi) is 3.02. The second kappa shape index (κ2) is 4.06. The third-order valence-electron chi connectivity index (χ3n) is 1.59. The summed E-state index contributed by atoms with van der Waals surface area (Å²) >= 11 is 0. The van der Waals surface area contributed by atoms with Gasteiger partial charge in [-0.05, 0) is 19.3 Å². The van der Waals surface area contributed by atoms with Crippen LogP contribution < -0.4 is 0 Å². The van der Waals surface area contributed by atoms with E-state index in [4.69, 9.17) is 6.42 Å². The summed E-state index contributed by atoms with van der Waals surface area (Å²) in [7, 11) is 0. The van der Waals surface area contributed by atoms with Crippen LogP contribution in [0.4, 0.5) is 0 Å². The van der Waals surface area contributed by atoms with Gasteiger partial charge in [0.15, 0.2) is 0 Å². The van der Waals surface area contributed by atoms with E-state index in [0.29, 0.717) is 18.8 Å². The van der Waals surface area contributed by atoms with Gasteiger partial charge < -0.3 is 5.11 Å². The fraction of sp³-hybridized carbons (Fsp3) is 0.600. The molecule has 1 aliphatic rings. The minimum atomic E-state index is -0.508. The highest BCUT2D eigenvalue weighted by Gasteiger charge is 2.17. The van der Waals surface area contributed by atoms with Crippen molar-refractivity contribution in [2.45, 2.75) is 31.8 Å². The molecule has 0 aromatic carbocycles. The van der Waals surface area contributed by atoms with Crippen LogP contribution in [0.3, 0.4) is 0 Å². The van der Waals surface area contributed by atoms with E-state index in [0.717, 1.165) is 0 Å². The molecule has 0 aromatic rings. The van der Waals surface area contributed by atoms with Crippen LogP contribution >= 0.6 is 0 Å². The van der Waals surface area contributed by atoms with Crippen LogP contribution in [0, 0.1) is 30.1 Å². The molecule has 1 unspecified atom stereocenters. The number of aliphatic hydroxyl groups excluding tert-OH is 1. The zero-order valence-electron chi connectivity index (χ0n) is 6.51. The van der Waals surface area contributed by atoms with E-state index < -0.39 is 6.10 Å². The highest BCUT2D eigenvalue weighted by molar-refractivity contribution is 5.12. The smallest absolute Gasteiger partial charge is 0.115 e. The van der Waals surface area contributed by atoms with E-state index in [-0.39, 0.29) is 0 Å². The molecular formula is C10H12O. The third kappa shape index (κ3) is 3.71. The van der Waals surface area contributed by atoms with E-state index in [1.165, 1.54) is 12.8 Å². The maximum Gasteiger partial charge on any atom is 0.115 e. The molecule has 0 aliphatic heterocycles. The zero-order chi connectivity index (χ0) is 8.10. The van der Waals surface area contributed by atoms with E-state index >= 15 is 0 Å². The monoisotopic (exact) mass is 148 g/mol. The van der Waals surface area contributed by atoms with Crippen LogP contribution in [0.1, 0.15) is 25.7 Å². The average molecular weight is 148 g/mol. The van der Waals surface area contributed by atoms with Gasteiger partial charge >= 0.3 is 0 Å². The lowest BCUT2D eigenvalue weighted by Crippen LogP contribution is -2.01. The lowest BCUT2D eigenvalue weighted by molar-refractivity contribution is 0.224. The summed E-state index contributed by atoms with van der Waals surface area (Å²) in [5, 5.41) is 9.19. The molecule has 1 fully saturated rings. The fourth-order valence-corrected chi connectivity index (χ4v) is 0.734. The molecule has 0 heterocycles. The number of hydrogen-bond donors (Lipinski definition) is 1. The molecule has 1 aliphatic carbocycles. The van der Waals surface area contributed by atoms with Gasteiger partial charge in [-0.15, -0.1) is 12.3 Å². The molecule has 1 N–H and O–H groups in total. The van der Waals surface area contributed by atoms with E-state index in [1.54, 1.807) is 0 Å². The van der Waals surface area contributed by atoms with Gasteiger partial charge in [-0.25, -0.2) is 0 Å². The van der Waals surface area contributed by atoms with Crippen LogP contribution in [-0.2, 0) is 0 Å². The molecule has 0 amide bonds.